The zero-order valence-electron chi connectivity index (χ0n) is 18.6. The molecule has 0 aromatic carbocycles. The molecule has 0 aliphatic carbocycles. The van der Waals surface area contributed by atoms with Crippen molar-refractivity contribution in [1.82, 2.24) is 0 Å². The maximum atomic E-state index is 10.8. The van der Waals surface area contributed by atoms with Crippen molar-refractivity contribution in [2.45, 2.75) is 97.1 Å². The van der Waals surface area contributed by atoms with Gasteiger partial charge in [-0.1, -0.05) is 6.42 Å². The van der Waals surface area contributed by atoms with E-state index in [4.69, 9.17) is 14.6 Å². The number of thioether (sulfide) groups is 2. The molecule has 2 fully saturated rings. The lowest BCUT2D eigenvalue weighted by Crippen LogP contribution is -2.57. The Morgan fingerprint density at radius 2 is 1.26 bits per heavy atom. The van der Waals surface area contributed by atoms with E-state index in [0.29, 0.717) is 31.4 Å². The van der Waals surface area contributed by atoms with E-state index in [1.165, 1.54) is 23.5 Å². The molecule has 0 bridgehead atoms. The Morgan fingerprint density at radius 1 is 0.735 bits per heavy atom. The molecule has 0 aromatic rings. The summed E-state index contributed by atoms with van der Waals surface area (Å²) < 4.78 is 11.1. The predicted molar refractivity (Wildman–Crippen MR) is 122 cm³/mol. The number of hydrogen-bond acceptors (Lipinski definition) is 13. The van der Waals surface area contributed by atoms with E-state index in [-0.39, 0.29) is 11.7 Å². The van der Waals surface area contributed by atoms with E-state index in [9.17, 15) is 45.6 Å². The third-order valence-electron chi connectivity index (χ3n) is 5.91. The number of rotatable bonds is 13. The van der Waals surface area contributed by atoms with Crippen LogP contribution >= 0.6 is 23.5 Å². The fourth-order valence-corrected chi connectivity index (χ4v) is 6.67. The van der Waals surface area contributed by atoms with E-state index in [1.54, 1.807) is 0 Å². The molecule has 0 amide bonds. The van der Waals surface area contributed by atoms with E-state index in [0.717, 1.165) is 0 Å². The summed E-state index contributed by atoms with van der Waals surface area (Å²) in [5.41, 5.74) is -1.82. The van der Waals surface area contributed by atoms with Gasteiger partial charge in [-0.3, -0.25) is 4.79 Å². The zero-order chi connectivity index (χ0) is 25.4. The average Bonchev–Trinajstić information content (AvgIpc) is 2.81. The van der Waals surface area contributed by atoms with Crippen molar-refractivity contribution in [3.63, 3.8) is 0 Å². The van der Waals surface area contributed by atoms with Crippen LogP contribution in [0.15, 0.2) is 0 Å². The smallest absolute Gasteiger partial charge is 0.303 e. The zero-order valence-corrected chi connectivity index (χ0v) is 20.2. The highest BCUT2D eigenvalue weighted by molar-refractivity contribution is 8.01. The highest BCUT2D eigenvalue weighted by Crippen LogP contribution is 2.36. The molecule has 34 heavy (non-hydrogen) atoms. The lowest BCUT2D eigenvalue weighted by molar-refractivity contribution is -0.205. The molecule has 0 aromatic heterocycles. The SMILES string of the molecule is O=C(O)CCCCC(CCS[C@@H]1O[C@H](CO)[C@H](O)C(O)[C@H]1O)S[C@@H]1O[C@H](CO)[C@H](O)C(O)[C@H]1O. The van der Waals surface area contributed by atoms with Gasteiger partial charge in [0, 0.05) is 11.7 Å². The van der Waals surface area contributed by atoms with Crippen molar-refractivity contribution in [3.8, 4) is 0 Å². The first-order chi connectivity index (χ1) is 16.1. The van der Waals surface area contributed by atoms with Gasteiger partial charge < -0.3 is 55.4 Å². The minimum Gasteiger partial charge on any atom is -0.481 e. The van der Waals surface area contributed by atoms with E-state index in [2.05, 4.69) is 0 Å². The van der Waals surface area contributed by atoms with Crippen molar-refractivity contribution in [3.05, 3.63) is 0 Å². The van der Waals surface area contributed by atoms with Crippen LogP contribution in [0, 0.1) is 0 Å². The molecular formula is C20H36O12S2. The summed E-state index contributed by atoms with van der Waals surface area (Å²) in [5, 5.41) is 87.8. The Balaban J connectivity index is 1.96. The third kappa shape index (κ3) is 8.15. The summed E-state index contributed by atoms with van der Waals surface area (Å²) in [6.45, 7) is -1.07. The molecule has 0 spiro atoms. The first-order valence-electron chi connectivity index (χ1n) is 11.2. The van der Waals surface area contributed by atoms with E-state index in [1.807, 2.05) is 0 Å². The van der Waals surface area contributed by atoms with E-state index < -0.39 is 78.9 Å². The summed E-state index contributed by atoms with van der Waals surface area (Å²) in [6, 6.07) is 0. The Bertz CT molecular complexity index is 612. The molecule has 200 valence electrons. The predicted octanol–water partition coefficient (Wildman–Crippen LogP) is -2.54. The Hall–Kier alpha value is -0.230. The van der Waals surface area contributed by atoms with Crippen LogP contribution in [0.5, 0.6) is 0 Å². The van der Waals surface area contributed by atoms with Gasteiger partial charge in [0.05, 0.1) is 13.2 Å². The van der Waals surface area contributed by atoms with Gasteiger partial charge in [0.15, 0.2) is 0 Å². The molecule has 2 heterocycles. The van der Waals surface area contributed by atoms with Crippen LogP contribution in [-0.4, -0.2) is 136 Å². The van der Waals surface area contributed by atoms with Gasteiger partial charge in [-0.25, -0.2) is 0 Å². The number of ether oxygens (including phenoxy) is 2. The van der Waals surface area contributed by atoms with Gasteiger partial charge in [-0.2, -0.15) is 0 Å². The van der Waals surface area contributed by atoms with Crippen molar-refractivity contribution in [2.75, 3.05) is 19.0 Å². The number of carboxylic acids is 1. The first kappa shape index (κ1) is 30.0. The van der Waals surface area contributed by atoms with Crippen molar-refractivity contribution >= 4 is 29.5 Å². The topological polar surface area (TPSA) is 218 Å². The maximum absolute atomic E-state index is 10.8. The van der Waals surface area contributed by atoms with Crippen molar-refractivity contribution in [1.29, 1.82) is 0 Å². The van der Waals surface area contributed by atoms with Crippen LogP contribution in [0.1, 0.15) is 32.1 Å². The molecule has 12 nitrogen and oxygen atoms in total. The van der Waals surface area contributed by atoms with Crippen LogP contribution in [0.25, 0.3) is 0 Å². The van der Waals surface area contributed by atoms with Gasteiger partial charge in [0.25, 0.3) is 0 Å². The van der Waals surface area contributed by atoms with Crippen molar-refractivity contribution < 1.29 is 60.2 Å². The second-order valence-corrected chi connectivity index (χ2v) is 11.1. The van der Waals surface area contributed by atoms with E-state index >= 15 is 0 Å². The van der Waals surface area contributed by atoms with Gasteiger partial charge in [0.1, 0.15) is 59.7 Å². The molecule has 0 radical (unpaired) electrons. The fraction of sp³-hybridized carbons (Fsp3) is 0.950. The molecule has 2 aliphatic rings. The monoisotopic (exact) mass is 532 g/mol. The second kappa shape index (κ2) is 14.5. The number of carbonyl (C=O) groups is 1. The Kier molecular flexibility index (Phi) is 12.8. The quantitative estimate of drug-likeness (QED) is 0.112. The molecule has 0 saturated carbocycles. The van der Waals surface area contributed by atoms with Gasteiger partial charge in [-0.05, 0) is 25.0 Å². The van der Waals surface area contributed by atoms with Crippen LogP contribution in [-0.2, 0) is 14.3 Å². The number of unbranched alkanes of at least 4 members (excludes halogenated alkanes) is 1. The molecule has 3 unspecified atom stereocenters. The summed E-state index contributed by atoms with van der Waals surface area (Å²) in [5.74, 6) is -0.493. The molecule has 9 N–H and O–H groups in total. The third-order valence-corrected chi connectivity index (χ3v) is 8.62. The average molecular weight is 533 g/mol. The van der Waals surface area contributed by atoms with Gasteiger partial charge >= 0.3 is 5.97 Å². The minimum absolute atomic E-state index is 0.0110. The molecule has 11 atom stereocenters. The summed E-state index contributed by atoms with van der Waals surface area (Å²) in [4.78, 5) is 10.8. The molecule has 2 rings (SSSR count). The second-order valence-electron chi connectivity index (χ2n) is 8.45. The normalized spacial score (nSPS) is 39.6. The summed E-state index contributed by atoms with van der Waals surface area (Å²) >= 11 is 2.38. The Labute approximate surface area is 205 Å². The number of aliphatic hydroxyl groups is 8. The van der Waals surface area contributed by atoms with Crippen LogP contribution in [0.3, 0.4) is 0 Å². The standard InChI is InChI=1S/C20H36O12S2/c21-7-10-13(25)15(27)17(29)19(31-10)33-6-5-9(3-1-2-4-12(23)24)34-20-18(30)16(28)14(26)11(8-22)32-20/h9-11,13-22,25-30H,1-8H2,(H,23,24)/t9?,10-,11-,13+,14+,15?,16?,17-,18-,19+,20+/m1/s1. The summed E-state index contributed by atoms with van der Waals surface area (Å²) in [7, 11) is 0. The number of hydrogen-bond donors (Lipinski definition) is 9. The largest absolute Gasteiger partial charge is 0.481 e. The van der Waals surface area contributed by atoms with Gasteiger partial charge in [0.2, 0.25) is 0 Å². The lowest BCUT2D eigenvalue weighted by atomic mass is 10.0. The molecule has 14 heteroatoms. The minimum atomic E-state index is -1.50. The highest BCUT2D eigenvalue weighted by atomic mass is 32.2. The van der Waals surface area contributed by atoms with Crippen LogP contribution in [0.2, 0.25) is 0 Å². The van der Waals surface area contributed by atoms with Gasteiger partial charge in [-0.15, -0.1) is 23.5 Å². The number of aliphatic hydroxyl groups excluding tert-OH is 8. The number of carboxylic acid groups (broad SMARTS) is 1. The van der Waals surface area contributed by atoms with Crippen LogP contribution < -0.4 is 0 Å². The molecule has 2 aliphatic heterocycles. The van der Waals surface area contributed by atoms with Crippen LogP contribution in [0.4, 0.5) is 0 Å². The summed E-state index contributed by atoms with van der Waals surface area (Å²) in [6.07, 6.45) is -8.61. The molecule has 2 saturated heterocycles. The fourth-order valence-electron chi connectivity index (χ4n) is 3.82. The Morgan fingerprint density at radius 3 is 1.79 bits per heavy atom. The maximum Gasteiger partial charge on any atom is 0.303 e. The highest BCUT2D eigenvalue weighted by Gasteiger charge is 2.45. The first-order valence-corrected chi connectivity index (χ1v) is 13.2. The lowest BCUT2D eigenvalue weighted by Gasteiger charge is -2.41. The van der Waals surface area contributed by atoms with Crippen molar-refractivity contribution in [2.24, 2.45) is 0 Å². The molecular weight excluding hydrogens is 496 g/mol. The number of aliphatic carboxylic acids is 1.